The number of anilines is 1. The van der Waals surface area contributed by atoms with E-state index < -0.39 is 0 Å². The minimum absolute atomic E-state index is 0. The lowest BCUT2D eigenvalue weighted by molar-refractivity contribution is -0.116. The van der Waals surface area contributed by atoms with E-state index in [1.54, 1.807) is 0 Å². The molecule has 4 N–H and O–H groups in total. The van der Waals surface area contributed by atoms with Gasteiger partial charge in [-0.05, 0) is 36.6 Å². The van der Waals surface area contributed by atoms with Crippen molar-refractivity contribution in [1.29, 1.82) is 0 Å². The van der Waals surface area contributed by atoms with Crippen LogP contribution in [0, 0.1) is 5.92 Å². The summed E-state index contributed by atoms with van der Waals surface area (Å²) in [6, 6.07) is 7.53. The molecule has 0 bridgehead atoms. The van der Waals surface area contributed by atoms with Gasteiger partial charge >= 0.3 is 0 Å². The SMILES string of the molecule is Cl.NCc1nc(-c2ccc(NC(=O)CCC3CCC3)cc2)n[nH]1. The van der Waals surface area contributed by atoms with Gasteiger partial charge in [0, 0.05) is 17.7 Å². The second kappa shape index (κ2) is 8.08. The van der Waals surface area contributed by atoms with Gasteiger partial charge in [-0.1, -0.05) is 19.3 Å². The fourth-order valence-corrected chi connectivity index (χ4v) is 2.56. The Morgan fingerprint density at radius 3 is 2.61 bits per heavy atom. The Morgan fingerprint density at radius 1 is 1.30 bits per heavy atom. The van der Waals surface area contributed by atoms with Crippen LogP contribution < -0.4 is 11.1 Å². The Kier molecular flexibility index (Phi) is 6.12. The van der Waals surface area contributed by atoms with Crippen molar-refractivity contribution in [3.8, 4) is 11.4 Å². The lowest BCUT2D eigenvalue weighted by Crippen LogP contribution is -2.16. The molecule has 0 atom stereocenters. The van der Waals surface area contributed by atoms with E-state index in [0.717, 1.165) is 23.6 Å². The maximum absolute atomic E-state index is 11.9. The van der Waals surface area contributed by atoms with Crippen molar-refractivity contribution in [3.63, 3.8) is 0 Å². The summed E-state index contributed by atoms with van der Waals surface area (Å²) in [5, 5.41) is 9.83. The van der Waals surface area contributed by atoms with Gasteiger partial charge in [-0.2, -0.15) is 5.10 Å². The average molecular weight is 336 g/mol. The lowest BCUT2D eigenvalue weighted by atomic mass is 9.82. The van der Waals surface area contributed by atoms with Crippen LogP contribution in [0.2, 0.25) is 0 Å². The molecule has 0 spiro atoms. The number of aromatic nitrogens is 3. The summed E-state index contributed by atoms with van der Waals surface area (Å²) in [6.07, 6.45) is 5.49. The van der Waals surface area contributed by atoms with E-state index in [-0.39, 0.29) is 18.3 Å². The zero-order chi connectivity index (χ0) is 15.4. The number of carbonyl (C=O) groups excluding carboxylic acids is 1. The van der Waals surface area contributed by atoms with Crippen LogP contribution in [0.5, 0.6) is 0 Å². The summed E-state index contributed by atoms with van der Waals surface area (Å²) < 4.78 is 0. The standard InChI is InChI=1S/C16H21N5O.ClH/c17-10-14-19-16(21-20-14)12-5-7-13(8-6-12)18-15(22)9-4-11-2-1-3-11;/h5-8,11H,1-4,9-10,17H2,(H,18,22)(H,19,20,21);1H. The third kappa shape index (κ3) is 4.53. The van der Waals surface area contributed by atoms with E-state index in [2.05, 4.69) is 20.5 Å². The summed E-state index contributed by atoms with van der Waals surface area (Å²) in [5.74, 6) is 2.12. The Labute approximate surface area is 141 Å². The molecule has 1 saturated carbocycles. The number of H-pyrrole nitrogens is 1. The summed E-state index contributed by atoms with van der Waals surface area (Å²) in [6.45, 7) is 0.335. The zero-order valence-corrected chi connectivity index (χ0v) is 13.7. The Balaban J connectivity index is 0.00000192. The van der Waals surface area contributed by atoms with Gasteiger partial charge in [0.2, 0.25) is 5.91 Å². The molecule has 124 valence electrons. The zero-order valence-electron chi connectivity index (χ0n) is 12.9. The first kappa shape index (κ1) is 17.4. The number of hydrogen-bond acceptors (Lipinski definition) is 4. The predicted octanol–water partition coefficient (Wildman–Crippen LogP) is 2.87. The quantitative estimate of drug-likeness (QED) is 0.756. The van der Waals surface area contributed by atoms with Crippen molar-refractivity contribution >= 4 is 24.0 Å². The number of amides is 1. The Bertz CT molecular complexity index is 636. The number of benzene rings is 1. The smallest absolute Gasteiger partial charge is 0.224 e. The second-order valence-electron chi connectivity index (χ2n) is 5.77. The van der Waals surface area contributed by atoms with Crippen LogP contribution in [0.4, 0.5) is 5.69 Å². The van der Waals surface area contributed by atoms with Crippen molar-refractivity contribution in [2.24, 2.45) is 11.7 Å². The van der Waals surface area contributed by atoms with Crippen LogP contribution in [-0.2, 0) is 11.3 Å². The van der Waals surface area contributed by atoms with Gasteiger partial charge in [0.05, 0.1) is 6.54 Å². The monoisotopic (exact) mass is 335 g/mol. The van der Waals surface area contributed by atoms with E-state index in [0.29, 0.717) is 24.6 Å². The van der Waals surface area contributed by atoms with E-state index in [1.807, 2.05) is 24.3 Å². The molecule has 1 aliphatic rings. The van der Waals surface area contributed by atoms with Crippen LogP contribution in [-0.4, -0.2) is 21.1 Å². The minimum atomic E-state index is 0. The molecule has 1 fully saturated rings. The highest BCUT2D eigenvalue weighted by atomic mass is 35.5. The first-order valence-corrected chi connectivity index (χ1v) is 7.76. The van der Waals surface area contributed by atoms with Gasteiger partial charge < -0.3 is 11.1 Å². The predicted molar refractivity (Wildman–Crippen MR) is 92.2 cm³/mol. The molecule has 2 aromatic rings. The topological polar surface area (TPSA) is 96.7 Å². The highest BCUT2D eigenvalue weighted by Gasteiger charge is 2.18. The molecule has 1 amide bonds. The maximum atomic E-state index is 11.9. The Morgan fingerprint density at radius 2 is 2.04 bits per heavy atom. The first-order valence-electron chi connectivity index (χ1n) is 7.76. The van der Waals surface area contributed by atoms with Crippen LogP contribution >= 0.6 is 12.4 Å². The third-order valence-electron chi connectivity index (χ3n) is 4.16. The number of carbonyl (C=O) groups is 1. The van der Waals surface area contributed by atoms with Gasteiger partial charge in [-0.15, -0.1) is 12.4 Å². The van der Waals surface area contributed by atoms with Crippen molar-refractivity contribution in [3.05, 3.63) is 30.1 Å². The van der Waals surface area contributed by atoms with E-state index in [1.165, 1.54) is 19.3 Å². The summed E-state index contributed by atoms with van der Waals surface area (Å²) >= 11 is 0. The number of rotatable bonds is 6. The van der Waals surface area contributed by atoms with Crippen LogP contribution in [0.3, 0.4) is 0 Å². The molecular weight excluding hydrogens is 314 g/mol. The fraction of sp³-hybridized carbons (Fsp3) is 0.438. The maximum Gasteiger partial charge on any atom is 0.224 e. The summed E-state index contributed by atoms with van der Waals surface area (Å²) in [7, 11) is 0. The number of nitrogens with two attached hydrogens (primary N) is 1. The van der Waals surface area contributed by atoms with Gasteiger partial charge in [-0.25, -0.2) is 4.98 Å². The lowest BCUT2D eigenvalue weighted by Gasteiger charge is -2.24. The highest BCUT2D eigenvalue weighted by Crippen LogP contribution is 2.30. The third-order valence-corrected chi connectivity index (χ3v) is 4.16. The molecule has 7 heteroatoms. The van der Waals surface area contributed by atoms with Crippen molar-refractivity contribution < 1.29 is 4.79 Å². The van der Waals surface area contributed by atoms with Gasteiger partial charge in [-0.3, -0.25) is 9.89 Å². The summed E-state index contributed by atoms with van der Waals surface area (Å²) in [5.41, 5.74) is 7.20. The van der Waals surface area contributed by atoms with Gasteiger partial charge in [0.15, 0.2) is 5.82 Å². The number of nitrogens with one attached hydrogen (secondary N) is 2. The van der Waals surface area contributed by atoms with Gasteiger partial charge in [0.25, 0.3) is 0 Å². The van der Waals surface area contributed by atoms with Gasteiger partial charge in [0.1, 0.15) is 5.82 Å². The Hall–Kier alpha value is -1.92. The number of halogens is 1. The highest BCUT2D eigenvalue weighted by molar-refractivity contribution is 5.90. The molecule has 3 rings (SSSR count). The number of hydrogen-bond donors (Lipinski definition) is 3. The minimum Gasteiger partial charge on any atom is -0.326 e. The molecule has 0 unspecified atom stereocenters. The molecule has 1 heterocycles. The molecule has 0 saturated heterocycles. The normalized spacial score (nSPS) is 14.0. The second-order valence-corrected chi connectivity index (χ2v) is 5.77. The first-order chi connectivity index (χ1) is 10.7. The molecule has 6 nitrogen and oxygen atoms in total. The molecule has 1 aromatic carbocycles. The number of nitrogens with zero attached hydrogens (tertiary/aromatic N) is 2. The number of aromatic amines is 1. The molecule has 0 aliphatic heterocycles. The van der Waals surface area contributed by atoms with Crippen LogP contribution in [0.15, 0.2) is 24.3 Å². The molecule has 1 aliphatic carbocycles. The van der Waals surface area contributed by atoms with E-state index >= 15 is 0 Å². The van der Waals surface area contributed by atoms with Crippen LogP contribution in [0.1, 0.15) is 37.9 Å². The van der Waals surface area contributed by atoms with Crippen molar-refractivity contribution in [2.75, 3.05) is 5.32 Å². The van der Waals surface area contributed by atoms with Crippen LogP contribution in [0.25, 0.3) is 11.4 Å². The largest absolute Gasteiger partial charge is 0.326 e. The van der Waals surface area contributed by atoms with Crippen molar-refractivity contribution in [2.45, 2.75) is 38.6 Å². The van der Waals surface area contributed by atoms with E-state index in [9.17, 15) is 4.79 Å². The molecule has 23 heavy (non-hydrogen) atoms. The summed E-state index contributed by atoms with van der Waals surface area (Å²) in [4.78, 5) is 16.2. The van der Waals surface area contributed by atoms with E-state index in [4.69, 9.17) is 5.73 Å². The van der Waals surface area contributed by atoms with Crippen molar-refractivity contribution in [1.82, 2.24) is 15.2 Å². The fourth-order valence-electron chi connectivity index (χ4n) is 2.56. The average Bonchev–Trinajstić information content (AvgIpc) is 2.95. The molecule has 1 aromatic heterocycles. The molecular formula is C16H22ClN5O. The molecule has 0 radical (unpaired) electrons.